The second kappa shape index (κ2) is 6.22. The molecule has 194 valence electrons. The van der Waals surface area contributed by atoms with Crippen LogP contribution in [0.15, 0.2) is 45.6 Å². The van der Waals surface area contributed by atoms with Crippen LogP contribution in [0.2, 0.25) is 0 Å². The highest BCUT2D eigenvalue weighted by Crippen LogP contribution is 2.82. The monoisotopic (exact) mass is 502 g/mol. The number of carbonyl (C=O) groups is 3. The lowest BCUT2D eigenvalue weighted by Crippen LogP contribution is -2.65. The van der Waals surface area contributed by atoms with Crippen molar-refractivity contribution in [3.05, 3.63) is 45.6 Å². The summed E-state index contributed by atoms with van der Waals surface area (Å²) in [5.74, 6) is 0.0426. The zero-order valence-corrected chi connectivity index (χ0v) is 22.1. The van der Waals surface area contributed by atoms with Gasteiger partial charge >= 0.3 is 11.9 Å². The number of esters is 2. The van der Waals surface area contributed by atoms with Gasteiger partial charge in [-0.05, 0) is 85.7 Å². The van der Waals surface area contributed by atoms with E-state index in [0.717, 1.165) is 30.4 Å². The van der Waals surface area contributed by atoms with Gasteiger partial charge in [-0.15, -0.1) is 0 Å². The lowest BCUT2D eigenvalue weighted by molar-refractivity contribution is -0.175. The van der Waals surface area contributed by atoms with E-state index in [1.54, 1.807) is 6.92 Å². The molecule has 5 fully saturated rings. The van der Waals surface area contributed by atoms with Crippen molar-refractivity contribution in [2.24, 2.45) is 52.3 Å². The number of aliphatic hydroxyl groups excluding tert-OH is 1. The predicted molar refractivity (Wildman–Crippen MR) is 133 cm³/mol. The van der Waals surface area contributed by atoms with Crippen LogP contribution in [0.1, 0.15) is 53.4 Å². The molecule has 0 radical (unpaired) electrons. The highest BCUT2D eigenvalue weighted by Gasteiger charge is 2.80. The van der Waals surface area contributed by atoms with E-state index in [0.29, 0.717) is 35.3 Å². The molecule has 0 aromatic rings. The van der Waals surface area contributed by atoms with Gasteiger partial charge in [-0.2, -0.15) is 0 Å². The topological polar surface area (TPSA) is 89.9 Å². The molecule has 8 rings (SSSR count). The van der Waals surface area contributed by atoms with E-state index in [-0.39, 0.29) is 34.7 Å². The van der Waals surface area contributed by atoms with Crippen LogP contribution in [0.3, 0.4) is 0 Å². The smallest absolute Gasteiger partial charge is 0.334 e. The van der Waals surface area contributed by atoms with Crippen molar-refractivity contribution in [1.82, 2.24) is 0 Å². The van der Waals surface area contributed by atoms with Gasteiger partial charge in [0.25, 0.3) is 0 Å². The summed E-state index contributed by atoms with van der Waals surface area (Å²) in [5.41, 5.74) is 4.08. The van der Waals surface area contributed by atoms with Gasteiger partial charge in [0.15, 0.2) is 5.78 Å². The van der Waals surface area contributed by atoms with Crippen molar-refractivity contribution in [3.8, 4) is 0 Å². The Morgan fingerprint density at radius 3 is 2.54 bits per heavy atom. The molecule has 1 spiro atoms. The molecule has 1 N–H and O–H groups in total. The Balaban J connectivity index is 1.47. The Kier molecular flexibility index (Phi) is 3.78. The first-order chi connectivity index (χ1) is 17.4. The van der Waals surface area contributed by atoms with Gasteiger partial charge in [0.05, 0.1) is 13.0 Å². The number of fused-ring (bicyclic) bond motifs is 7. The van der Waals surface area contributed by atoms with Crippen molar-refractivity contribution < 1.29 is 29.0 Å². The summed E-state index contributed by atoms with van der Waals surface area (Å²) in [7, 11) is 1.31. The number of allylic oxidation sites excluding steroid dienone is 2. The largest absolute Gasteiger partial charge is 0.466 e. The van der Waals surface area contributed by atoms with Crippen LogP contribution >= 0.6 is 0 Å². The average Bonchev–Trinajstić information content (AvgIpc) is 3.77. The number of rotatable bonds is 1. The van der Waals surface area contributed by atoms with E-state index in [1.807, 2.05) is 13.8 Å². The lowest BCUT2D eigenvalue weighted by Gasteiger charge is -2.62. The van der Waals surface area contributed by atoms with E-state index in [2.05, 4.69) is 13.5 Å². The number of ketones is 1. The van der Waals surface area contributed by atoms with Crippen LogP contribution in [0.5, 0.6) is 0 Å². The standard InChI is InChI=1S/C31H34O6/c1-11-14-7-19(14)29(4)17(11)10-18-12(2)28(35)37-31(18)21(29)9-16-15-8-20(15)30(5)23(16)24(31)22(25(32)26(30)33)13(3)27(34)36-6/h14-15,17,19-21,24,26,33H,1,7-10H2,2-6H3/b22-13-/t14-,15-,17?,19-,20-,21+,24+,26+,29-,30+,31+/m1/s1. The molecule has 7 aliphatic carbocycles. The van der Waals surface area contributed by atoms with Gasteiger partial charge in [0.1, 0.15) is 11.7 Å². The van der Waals surface area contributed by atoms with Crippen molar-refractivity contribution in [1.29, 1.82) is 0 Å². The first-order valence-electron chi connectivity index (χ1n) is 13.8. The quantitative estimate of drug-likeness (QED) is 0.333. The molecule has 0 saturated heterocycles. The Bertz CT molecular complexity index is 1390. The van der Waals surface area contributed by atoms with Gasteiger partial charge in [0.2, 0.25) is 0 Å². The van der Waals surface area contributed by atoms with Gasteiger partial charge in [-0.1, -0.05) is 31.6 Å². The Morgan fingerprint density at radius 1 is 1.14 bits per heavy atom. The molecule has 1 unspecified atom stereocenters. The predicted octanol–water partition coefficient (Wildman–Crippen LogP) is 3.85. The summed E-state index contributed by atoms with van der Waals surface area (Å²) >= 11 is 0. The van der Waals surface area contributed by atoms with Crippen LogP contribution < -0.4 is 0 Å². The van der Waals surface area contributed by atoms with E-state index in [4.69, 9.17) is 9.47 Å². The van der Waals surface area contributed by atoms with Crippen molar-refractivity contribution in [3.63, 3.8) is 0 Å². The summed E-state index contributed by atoms with van der Waals surface area (Å²) < 4.78 is 11.7. The summed E-state index contributed by atoms with van der Waals surface area (Å²) in [6.45, 7) is 12.4. The Morgan fingerprint density at radius 2 is 1.84 bits per heavy atom. The van der Waals surface area contributed by atoms with Gasteiger partial charge < -0.3 is 14.6 Å². The van der Waals surface area contributed by atoms with E-state index in [9.17, 15) is 19.5 Å². The van der Waals surface area contributed by atoms with Crippen LogP contribution in [-0.4, -0.2) is 41.6 Å². The third-order valence-electron chi connectivity index (χ3n) is 12.8. The molecule has 0 aromatic heterocycles. The number of hydrogen-bond acceptors (Lipinski definition) is 6. The SMILES string of the molecule is C=C1C2CC3=C(C)C(=O)O[C@@]34[C@@H]3C5=C(C[C@H]4[C@@]2(C)[C@@H]2C[C@H]12)[C@H]1C[C@H]1[C@]5(C)[C@@H](O)C(=O)/C3=C(/C)C(=O)OC. The molecule has 11 atom stereocenters. The fourth-order valence-corrected chi connectivity index (χ4v) is 11.0. The minimum atomic E-state index is -1.22. The second-order valence-electron chi connectivity index (χ2n) is 13.6. The number of ether oxygens (including phenoxy) is 2. The van der Waals surface area contributed by atoms with Crippen molar-refractivity contribution >= 4 is 17.7 Å². The number of Topliss-reactive ketones (excluding diaryl/α,β-unsaturated/α-hetero) is 1. The molecular weight excluding hydrogens is 468 g/mol. The average molecular weight is 503 g/mol. The maximum atomic E-state index is 14.1. The third kappa shape index (κ3) is 2.08. The molecule has 0 bridgehead atoms. The summed E-state index contributed by atoms with van der Waals surface area (Å²) in [4.78, 5) is 40.5. The zero-order chi connectivity index (χ0) is 26.1. The molecule has 6 nitrogen and oxygen atoms in total. The van der Waals surface area contributed by atoms with Gasteiger partial charge in [-0.3, -0.25) is 4.79 Å². The second-order valence-corrected chi connectivity index (χ2v) is 13.6. The molecule has 1 aliphatic heterocycles. The molecular formula is C31H34O6. The molecule has 1 heterocycles. The van der Waals surface area contributed by atoms with Gasteiger partial charge in [0, 0.05) is 28.1 Å². The molecule has 8 aliphatic rings. The molecule has 0 amide bonds. The number of aliphatic hydroxyl groups is 1. The first-order valence-corrected chi connectivity index (χ1v) is 13.8. The lowest BCUT2D eigenvalue weighted by atomic mass is 9.42. The third-order valence-corrected chi connectivity index (χ3v) is 12.8. The Hall–Kier alpha value is -2.47. The van der Waals surface area contributed by atoms with Crippen LogP contribution in [0, 0.1) is 52.3 Å². The fraction of sp³-hybridized carbons (Fsp3) is 0.645. The molecule has 6 heteroatoms. The molecule has 5 saturated carbocycles. The highest BCUT2D eigenvalue weighted by molar-refractivity contribution is 6.09. The van der Waals surface area contributed by atoms with Crippen LogP contribution in [-0.2, 0) is 23.9 Å². The van der Waals surface area contributed by atoms with E-state index >= 15 is 0 Å². The fourth-order valence-electron chi connectivity index (χ4n) is 11.0. The van der Waals surface area contributed by atoms with E-state index in [1.165, 1.54) is 18.3 Å². The Labute approximate surface area is 216 Å². The van der Waals surface area contributed by atoms with Crippen LogP contribution in [0.4, 0.5) is 0 Å². The van der Waals surface area contributed by atoms with E-state index < -0.39 is 34.8 Å². The summed E-state index contributed by atoms with van der Waals surface area (Å²) in [6.07, 6.45) is 2.43. The highest BCUT2D eigenvalue weighted by atomic mass is 16.6. The van der Waals surface area contributed by atoms with Crippen molar-refractivity contribution in [2.75, 3.05) is 7.11 Å². The number of carbonyl (C=O) groups excluding carboxylic acids is 3. The maximum Gasteiger partial charge on any atom is 0.334 e. The van der Waals surface area contributed by atoms with Crippen LogP contribution in [0.25, 0.3) is 0 Å². The van der Waals surface area contributed by atoms with Crippen molar-refractivity contribution in [2.45, 2.75) is 65.1 Å². The first kappa shape index (κ1) is 22.5. The number of hydrogen-bond donors (Lipinski definition) is 1. The minimum absolute atomic E-state index is 0.000222. The zero-order valence-electron chi connectivity index (χ0n) is 22.1. The molecule has 0 aromatic carbocycles. The number of methoxy groups -OCH3 is 1. The van der Waals surface area contributed by atoms with Gasteiger partial charge in [-0.25, -0.2) is 9.59 Å². The summed E-state index contributed by atoms with van der Waals surface area (Å²) in [6, 6.07) is 0. The molecule has 37 heavy (non-hydrogen) atoms. The summed E-state index contributed by atoms with van der Waals surface area (Å²) in [5, 5.41) is 11.6. The minimum Gasteiger partial charge on any atom is -0.466 e. The normalized spacial score (nSPS) is 53.1. The maximum absolute atomic E-state index is 14.1.